The summed E-state index contributed by atoms with van der Waals surface area (Å²) in [4.78, 5) is 52.6. The highest BCUT2D eigenvalue weighted by atomic mass is 32.2. The number of benzene rings is 1. The Hall–Kier alpha value is -2.55. The fourth-order valence-electron chi connectivity index (χ4n) is 3.80. The lowest BCUT2D eigenvalue weighted by Gasteiger charge is -2.39. The van der Waals surface area contributed by atoms with E-state index in [0.717, 1.165) is 10.5 Å². The van der Waals surface area contributed by atoms with Gasteiger partial charge in [-0.05, 0) is 51.0 Å². The van der Waals surface area contributed by atoms with Gasteiger partial charge in [-0.25, -0.2) is 4.79 Å². The summed E-state index contributed by atoms with van der Waals surface area (Å²) >= 11 is 1.67. The van der Waals surface area contributed by atoms with Crippen molar-refractivity contribution in [2.45, 2.75) is 61.9 Å². The molecule has 1 unspecified atom stereocenters. The molecule has 0 aliphatic carbocycles. The number of ether oxygens (including phenoxy) is 1. The average molecular weight is 432 g/mol. The number of likely N-dealkylation sites (tertiary alicyclic amines) is 1. The molecule has 4 rings (SSSR count). The van der Waals surface area contributed by atoms with E-state index < -0.39 is 17.6 Å². The summed E-state index contributed by atoms with van der Waals surface area (Å²) in [6.07, 6.45) is 0.306. The molecule has 2 fully saturated rings. The van der Waals surface area contributed by atoms with Crippen molar-refractivity contribution in [1.82, 2.24) is 15.1 Å². The third-order valence-electron chi connectivity index (χ3n) is 5.30. The predicted octanol–water partition coefficient (Wildman–Crippen LogP) is 2.16. The number of amides is 4. The number of fused-ring (bicyclic) bond motifs is 1. The van der Waals surface area contributed by atoms with Gasteiger partial charge in [-0.15, -0.1) is 11.8 Å². The minimum absolute atomic E-state index is 0.171. The molecule has 0 spiro atoms. The fourth-order valence-corrected chi connectivity index (χ4v) is 5.06. The van der Waals surface area contributed by atoms with E-state index in [9.17, 15) is 19.2 Å². The minimum Gasteiger partial charge on any atom is -0.444 e. The molecular weight excluding hydrogens is 406 g/mol. The van der Waals surface area contributed by atoms with Crippen LogP contribution in [0.2, 0.25) is 0 Å². The molecule has 3 aliphatic heterocycles. The van der Waals surface area contributed by atoms with Crippen LogP contribution in [0.1, 0.15) is 49.5 Å². The van der Waals surface area contributed by atoms with E-state index in [0.29, 0.717) is 31.6 Å². The first kappa shape index (κ1) is 20.7. The summed E-state index contributed by atoms with van der Waals surface area (Å²) < 4.78 is 5.38. The number of carbonyl (C=O) groups excluding carboxylic acids is 4. The van der Waals surface area contributed by atoms with Gasteiger partial charge in [0.1, 0.15) is 11.6 Å². The number of imide groups is 1. The number of piperidine rings is 1. The standard InChI is InChI=1S/C21H25N3O5S/c1-21(2,3)29-20(28)23-10-14(11-23)30-13-4-5-15-12(8-13)9-24(19(15)27)16-6-7-17(25)22-18(16)26/h4-5,8,14,16H,6-7,9-11H2,1-3H3,(H,22,25,26). The Morgan fingerprint density at radius 3 is 2.60 bits per heavy atom. The van der Waals surface area contributed by atoms with Crippen LogP contribution >= 0.6 is 11.8 Å². The molecule has 0 aromatic heterocycles. The molecule has 0 bridgehead atoms. The van der Waals surface area contributed by atoms with Crippen LogP contribution in [-0.2, 0) is 20.9 Å². The zero-order valence-corrected chi connectivity index (χ0v) is 18.1. The molecule has 1 atom stereocenters. The van der Waals surface area contributed by atoms with Gasteiger partial charge < -0.3 is 14.5 Å². The van der Waals surface area contributed by atoms with E-state index in [4.69, 9.17) is 4.74 Å². The van der Waals surface area contributed by atoms with Crippen LogP contribution < -0.4 is 5.32 Å². The Morgan fingerprint density at radius 1 is 1.20 bits per heavy atom. The predicted molar refractivity (Wildman–Crippen MR) is 110 cm³/mol. The van der Waals surface area contributed by atoms with Crippen LogP contribution in [0, 0.1) is 0 Å². The largest absolute Gasteiger partial charge is 0.444 e. The Morgan fingerprint density at radius 2 is 1.93 bits per heavy atom. The van der Waals surface area contributed by atoms with Crippen molar-refractivity contribution in [2.24, 2.45) is 0 Å². The SMILES string of the molecule is CC(C)(C)OC(=O)N1CC(Sc2ccc3c(c2)CN(C2CCC(=O)NC2=O)C3=O)C1. The van der Waals surface area contributed by atoms with Crippen LogP contribution in [0.25, 0.3) is 0 Å². The van der Waals surface area contributed by atoms with Gasteiger partial charge in [0, 0.05) is 41.8 Å². The van der Waals surface area contributed by atoms with Crippen LogP contribution in [0.5, 0.6) is 0 Å². The van der Waals surface area contributed by atoms with Gasteiger partial charge in [0.2, 0.25) is 11.8 Å². The second-order valence-corrected chi connectivity index (χ2v) is 10.2. The summed E-state index contributed by atoms with van der Waals surface area (Å²) in [5.74, 6) is -0.866. The topological polar surface area (TPSA) is 96.0 Å². The van der Waals surface area contributed by atoms with Crippen molar-refractivity contribution < 1.29 is 23.9 Å². The van der Waals surface area contributed by atoms with Crippen molar-refractivity contribution in [2.75, 3.05) is 13.1 Å². The highest BCUT2D eigenvalue weighted by Crippen LogP contribution is 2.35. The zero-order valence-electron chi connectivity index (χ0n) is 17.3. The molecular formula is C21H25N3O5S. The Kier molecular flexibility index (Phi) is 5.25. The molecule has 8 nitrogen and oxygen atoms in total. The minimum atomic E-state index is -0.604. The Balaban J connectivity index is 1.35. The molecule has 1 N–H and O–H groups in total. The smallest absolute Gasteiger partial charge is 0.410 e. The van der Waals surface area contributed by atoms with E-state index >= 15 is 0 Å². The molecule has 9 heteroatoms. The normalized spacial score (nSPS) is 22.0. The third-order valence-corrected chi connectivity index (χ3v) is 6.46. The second-order valence-electron chi connectivity index (χ2n) is 8.84. The van der Waals surface area contributed by atoms with Crippen LogP contribution in [0.4, 0.5) is 4.79 Å². The fraction of sp³-hybridized carbons (Fsp3) is 0.524. The summed E-state index contributed by atoms with van der Waals surface area (Å²) in [6.45, 7) is 7.15. The average Bonchev–Trinajstić information content (AvgIpc) is 2.92. The van der Waals surface area contributed by atoms with Gasteiger partial charge in [-0.3, -0.25) is 19.7 Å². The quantitative estimate of drug-likeness (QED) is 0.737. The number of nitrogens with one attached hydrogen (secondary N) is 1. The maximum atomic E-state index is 12.8. The molecule has 4 amide bonds. The van der Waals surface area contributed by atoms with Crippen molar-refractivity contribution >= 4 is 35.6 Å². The molecule has 160 valence electrons. The summed E-state index contributed by atoms with van der Waals surface area (Å²) in [6, 6.07) is 5.09. The number of rotatable bonds is 3. The first-order chi connectivity index (χ1) is 14.1. The van der Waals surface area contributed by atoms with E-state index in [-0.39, 0.29) is 29.6 Å². The summed E-state index contributed by atoms with van der Waals surface area (Å²) in [5, 5.41) is 2.59. The number of hydrogen-bond acceptors (Lipinski definition) is 6. The summed E-state index contributed by atoms with van der Waals surface area (Å²) in [5.41, 5.74) is 0.988. The molecule has 0 saturated carbocycles. The van der Waals surface area contributed by atoms with Crippen molar-refractivity contribution in [1.29, 1.82) is 0 Å². The highest BCUT2D eigenvalue weighted by Gasteiger charge is 2.39. The first-order valence-corrected chi connectivity index (χ1v) is 10.9. The van der Waals surface area contributed by atoms with E-state index in [2.05, 4.69) is 5.32 Å². The molecule has 2 saturated heterocycles. The first-order valence-electron chi connectivity index (χ1n) is 10.0. The molecule has 3 aliphatic rings. The molecule has 0 radical (unpaired) electrons. The van der Waals surface area contributed by atoms with Gasteiger partial charge in [0.15, 0.2) is 0 Å². The van der Waals surface area contributed by atoms with Crippen molar-refractivity contribution in [3.63, 3.8) is 0 Å². The van der Waals surface area contributed by atoms with Gasteiger partial charge >= 0.3 is 6.09 Å². The zero-order chi connectivity index (χ0) is 21.6. The Labute approximate surface area is 179 Å². The van der Waals surface area contributed by atoms with Crippen LogP contribution in [0.15, 0.2) is 23.1 Å². The monoisotopic (exact) mass is 431 g/mol. The molecule has 1 aromatic carbocycles. The highest BCUT2D eigenvalue weighted by molar-refractivity contribution is 8.00. The van der Waals surface area contributed by atoms with Gasteiger partial charge in [0.05, 0.1) is 0 Å². The number of thioether (sulfide) groups is 1. The van der Waals surface area contributed by atoms with Crippen molar-refractivity contribution in [3.05, 3.63) is 29.3 Å². The number of hydrogen-bond donors (Lipinski definition) is 1. The maximum absolute atomic E-state index is 12.8. The van der Waals surface area contributed by atoms with Crippen LogP contribution in [-0.4, -0.2) is 63.6 Å². The maximum Gasteiger partial charge on any atom is 0.410 e. The molecule has 3 heterocycles. The lowest BCUT2D eigenvalue weighted by Crippen LogP contribution is -2.53. The lowest BCUT2D eigenvalue weighted by atomic mass is 10.0. The molecule has 30 heavy (non-hydrogen) atoms. The van der Waals surface area contributed by atoms with E-state index in [1.54, 1.807) is 27.6 Å². The summed E-state index contributed by atoms with van der Waals surface area (Å²) in [7, 11) is 0. The van der Waals surface area contributed by atoms with E-state index in [1.165, 1.54) is 0 Å². The van der Waals surface area contributed by atoms with Crippen LogP contribution in [0.3, 0.4) is 0 Å². The van der Waals surface area contributed by atoms with E-state index in [1.807, 2.05) is 32.9 Å². The van der Waals surface area contributed by atoms with Crippen molar-refractivity contribution in [3.8, 4) is 0 Å². The molecule has 1 aromatic rings. The number of carbonyl (C=O) groups is 4. The van der Waals surface area contributed by atoms with Gasteiger partial charge in [-0.2, -0.15) is 0 Å². The Bertz CT molecular complexity index is 920. The van der Waals surface area contributed by atoms with Gasteiger partial charge in [-0.1, -0.05) is 0 Å². The second kappa shape index (κ2) is 7.61. The third kappa shape index (κ3) is 4.16. The van der Waals surface area contributed by atoms with Gasteiger partial charge in [0.25, 0.3) is 5.91 Å². The lowest BCUT2D eigenvalue weighted by molar-refractivity contribution is -0.136. The number of nitrogens with zero attached hydrogens (tertiary/aromatic N) is 2.